The second-order valence-corrected chi connectivity index (χ2v) is 5.71. The summed E-state index contributed by atoms with van der Waals surface area (Å²) < 4.78 is 5.06. The molecule has 3 aromatic rings. The molecular weight excluding hydrogens is 342 g/mol. The van der Waals surface area contributed by atoms with Crippen LogP contribution >= 0.6 is 27.5 Å². The first-order valence-electron chi connectivity index (χ1n) is 6.32. The molecule has 0 atom stereocenters. The number of halogens is 2. The lowest BCUT2D eigenvalue weighted by Gasteiger charge is -2.08. The van der Waals surface area contributed by atoms with E-state index in [1.54, 1.807) is 6.20 Å². The predicted octanol–water partition coefficient (Wildman–Crippen LogP) is 2.87. The number of rotatable bonds is 5. The number of nitrogens with zero attached hydrogens (tertiary/aromatic N) is 5. The van der Waals surface area contributed by atoms with Gasteiger partial charge in [-0.15, -0.1) is 16.7 Å². The van der Waals surface area contributed by atoms with Gasteiger partial charge < -0.3 is 4.57 Å². The largest absolute Gasteiger partial charge is 0.326 e. The number of hydrogen-bond acceptors (Lipinski definition) is 3. The van der Waals surface area contributed by atoms with Crippen molar-refractivity contribution < 1.29 is 0 Å². The normalized spacial score (nSPS) is 11.3. The van der Waals surface area contributed by atoms with Crippen molar-refractivity contribution in [3.05, 3.63) is 40.9 Å². The smallest absolute Gasteiger partial charge is 0.111 e. The molecule has 5 nitrogen and oxygen atoms in total. The average molecular weight is 355 g/mol. The molecular formula is C13H13BrClN5. The third-order valence-electron chi connectivity index (χ3n) is 3.13. The molecule has 20 heavy (non-hydrogen) atoms. The van der Waals surface area contributed by atoms with Crippen LogP contribution in [0.1, 0.15) is 5.82 Å². The standard InChI is InChI=1S/C13H13BrClN5/c14-10-1-2-11-12(9-10)20(13(17-11)3-4-15)8-7-19-6-5-16-18-19/h1-2,5-6,9H,3-4,7-8H2. The van der Waals surface area contributed by atoms with Gasteiger partial charge in [0.2, 0.25) is 0 Å². The minimum Gasteiger partial charge on any atom is -0.326 e. The summed E-state index contributed by atoms with van der Waals surface area (Å²) in [5.41, 5.74) is 2.10. The minimum absolute atomic E-state index is 0.563. The third kappa shape index (κ3) is 2.71. The molecule has 0 aliphatic carbocycles. The lowest BCUT2D eigenvalue weighted by Crippen LogP contribution is -2.11. The number of hydrogen-bond donors (Lipinski definition) is 0. The number of aryl methyl sites for hydroxylation is 3. The van der Waals surface area contributed by atoms with Gasteiger partial charge in [-0.1, -0.05) is 21.1 Å². The molecule has 0 saturated heterocycles. The third-order valence-corrected chi connectivity index (χ3v) is 3.81. The molecule has 2 aromatic heterocycles. The number of aromatic nitrogens is 5. The van der Waals surface area contributed by atoms with Gasteiger partial charge in [0.05, 0.1) is 23.8 Å². The van der Waals surface area contributed by atoms with Crippen LogP contribution in [0.2, 0.25) is 0 Å². The molecule has 104 valence electrons. The van der Waals surface area contributed by atoms with Crippen molar-refractivity contribution in [2.45, 2.75) is 19.5 Å². The van der Waals surface area contributed by atoms with E-state index < -0.39 is 0 Å². The maximum absolute atomic E-state index is 5.88. The second-order valence-electron chi connectivity index (χ2n) is 4.42. The van der Waals surface area contributed by atoms with Crippen LogP contribution in [0.15, 0.2) is 35.1 Å². The number of imidazole rings is 1. The molecule has 0 bridgehead atoms. The summed E-state index contributed by atoms with van der Waals surface area (Å²) in [6.07, 6.45) is 4.30. The van der Waals surface area contributed by atoms with Crippen molar-refractivity contribution in [3.63, 3.8) is 0 Å². The number of alkyl halides is 1. The van der Waals surface area contributed by atoms with Crippen molar-refractivity contribution in [2.75, 3.05) is 5.88 Å². The van der Waals surface area contributed by atoms with E-state index in [0.717, 1.165) is 40.8 Å². The first-order valence-corrected chi connectivity index (χ1v) is 7.65. The molecule has 0 aliphatic heterocycles. The van der Waals surface area contributed by atoms with E-state index in [1.165, 1.54) is 0 Å². The maximum Gasteiger partial charge on any atom is 0.111 e. The predicted molar refractivity (Wildman–Crippen MR) is 81.9 cm³/mol. The van der Waals surface area contributed by atoms with Crippen molar-refractivity contribution in [2.24, 2.45) is 0 Å². The summed E-state index contributed by atoms with van der Waals surface area (Å²) in [6, 6.07) is 6.10. The minimum atomic E-state index is 0.563. The van der Waals surface area contributed by atoms with Crippen LogP contribution in [0.5, 0.6) is 0 Å². The number of benzene rings is 1. The summed E-state index contributed by atoms with van der Waals surface area (Å²) >= 11 is 9.39. The number of fused-ring (bicyclic) bond motifs is 1. The molecule has 0 fully saturated rings. The molecule has 0 N–H and O–H groups in total. The van der Waals surface area contributed by atoms with Crippen molar-refractivity contribution in [1.29, 1.82) is 0 Å². The van der Waals surface area contributed by atoms with Gasteiger partial charge in [-0.25, -0.2) is 4.98 Å². The molecule has 0 aliphatic rings. The summed E-state index contributed by atoms with van der Waals surface area (Å²) in [7, 11) is 0. The lowest BCUT2D eigenvalue weighted by molar-refractivity contribution is 0.516. The van der Waals surface area contributed by atoms with Crippen LogP contribution in [-0.4, -0.2) is 30.4 Å². The Hall–Kier alpha value is -1.40. The molecule has 0 amide bonds. The van der Waals surface area contributed by atoms with Crippen molar-refractivity contribution in [3.8, 4) is 0 Å². The van der Waals surface area contributed by atoms with E-state index in [4.69, 9.17) is 11.6 Å². The molecule has 0 unspecified atom stereocenters. The van der Waals surface area contributed by atoms with E-state index in [9.17, 15) is 0 Å². The zero-order valence-electron chi connectivity index (χ0n) is 10.7. The molecule has 7 heteroatoms. The Kier molecular flexibility index (Phi) is 4.03. The Morgan fingerprint density at radius 1 is 1.25 bits per heavy atom. The molecule has 0 spiro atoms. The Balaban J connectivity index is 1.96. The summed E-state index contributed by atoms with van der Waals surface area (Å²) in [6.45, 7) is 1.55. The van der Waals surface area contributed by atoms with E-state index in [1.807, 2.05) is 23.0 Å². The quantitative estimate of drug-likeness (QED) is 0.662. The van der Waals surface area contributed by atoms with Gasteiger partial charge in [-0.3, -0.25) is 4.68 Å². The zero-order chi connectivity index (χ0) is 13.9. The topological polar surface area (TPSA) is 48.5 Å². The van der Waals surface area contributed by atoms with Crippen molar-refractivity contribution in [1.82, 2.24) is 24.5 Å². The van der Waals surface area contributed by atoms with Gasteiger partial charge in [-0.05, 0) is 18.2 Å². The van der Waals surface area contributed by atoms with E-state index >= 15 is 0 Å². The summed E-state index contributed by atoms with van der Waals surface area (Å²) in [4.78, 5) is 4.66. The molecule has 2 heterocycles. The highest BCUT2D eigenvalue weighted by Gasteiger charge is 2.10. The molecule has 1 aromatic carbocycles. The average Bonchev–Trinajstić information content (AvgIpc) is 3.04. The second kappa shape index (κ2) is 5.93. The Bertz CT molecular complexity index is 707. The fourth-order valence-electron chi connectivity index (χ4n) is 2.23. The summed E-state index contributed by atoms with van der Waals surface area (Å²) in [5.74, 6) is 1.57. The van der Waals surface area contributed by atoms with Crippen LogP contribution < -0.4 is 0 Å². The fourth-order valence-corrected chi connectivity index (χ4v) is 2.74. The van der Waals surface area contributed by atoms with Crippen LogP contribution in [0.4, 0.5) is 0 Å². The molecule has 0 saturated carbocycles. The first kappa shape index (κ1) is 13.6. The monoisotopic (exact) mass is 353 g/mol. The molecule has 0 radical (unpaired) electrons. The summed E-state index contributed by atoms with van der Waals surface area (Å²) in [5, 5.41) is 7.80. The molecule has 3 rings (SSSR count). The van der Waals surface area contributed by atoms with Gasteiger partial charge >= 0.3 is 0 Å². The van der Waals surface area contributed by atoms with Crippen LogP contribution in [0.25, 0.3) is 11.0 Å². The van der Waals surface area contributed by atoms with Crippen LogP contribution in [0, 0.1) is 0 Å². The van der Waals surface area contributed by atoms with Crippen molar-refractivity contribution >= 4 is 38.6 Å². The zero-order valence-corrected chi connectivity index (χ0v) is 13.0. The van der Waals surface area contributed by atoms with Gasteiger partial charge in [0.15, 0.2) is 0 Å². The maximum atomic E-state index is 5.88. The van der Waals surface area contributed by atoms with Gasteiger partial charge in [0, 0.05) is 29.5 Å². The Morgan fingerprint density at radius 2 is 2.15 bits per heavy atom. The van der Waals surface area contributed by atoms with E-state index in [-0.39, 0.29) is 0 Å². The highest BCUT2D eigenvalue weighted by Crippen LogP contribution is 2.21. The lowest BCUT2D eigenvalue weighted by atomic mass is 10.3. The van der Waals surface area contributed by atoms with Gasteiger partial charge in [0.1, 0.15) is 5.82 Å². The van der Waals surface area contributed by atoms with E-state index in [0.29, 0.717) is 5.88 Å². The first-order chi connectivity index (χ1) is 9.78. The Morgan fingerprint density at radius 3 is 2.90 bits per heavy atom. The SMILES string of the molecule is ClCCc1nc2ccc(Br)cc2n1CCn1ccnn1. The van der Waals surface area contributed by atoms with Crippen LogP contribution in [0.3, 0.4) is 0 Å². The van der Waals surface area contributed by atoms with Crippen LogP contribution in [-0.2, 0) is 19.5 Å². The van der Waals surface area contributed by atoms with E-state index in [2.05, 4.69) is 41.9 Å². The van der Waals surface area contributed by atoms with Gasteiger partial charge in [0.25, 0.3) is 0 Å². The van der Waals surface area contributed by atoms with Gasteiger partial charge in [-0.2, -0.15) is 0 Å². The highest BCUT2D eigenvalue weighted by molar-refractivity contribution is 9.10. The Labute approximate surface area is 129 Å². The fraction of sp³-hybridized carbons (Fsp3) is 0.308. The highest BCUT2D eigenvalue weighted by atomic mass is 79.9.